The maximum absolute atomic E-state index is 11.6. The van der Waals surface area contributed by atoms with E-state index in [1.165, 1.54) is 12.1 Å². The lowest BCUT2D eigenvalue weighted by molar-refractivity contribution is -0.138. The number of aliphatic carboxylic acids is 1. The molecule has 0 amide bonds. The molecule has 8 heteroatoms. The highest BCUT2D eigenvalue weighted by Gasteiger charge is 2.22. The highest BCUT2D eigenvalue weighted by Crippen LogP contribution is 2.23. The SMILES string of the molecule is O=C(O)CCCCC(=O)Oc1cccc(C(=O)O)c1C(=O)O. The molecule has 0 aliphatic carbocycles. The molecule has 22 heavy (non-hydrogen) atoms. The standard InChI is InChI=1S/C14H14O8/c15-10(16)6-1-2-7-11(17)22-9-5-3-4-8(13(18)19)12(9)14(20)21/h3-5H,1-2,6-7H2,(H,15,16)(H,18,19)(H,20,21). The number of rotatable bonds is 8. The van der Waals surface area contributed by atoms with E-state index in [-0.39, 0.29) is 31.4 Å². The van der Waals surface area contributed by atoms with Gasteiger partial charge >= 0.3 is 23.9 Å². The van der Waals surface area contributed by atoms with Gasteiger partial charge in [0.15, 0.2) is 0 Å². The van der Waals surface area contributed by atoms with Gasteiger partial charge < -0.3 is 20.1 Å². The Kier molecular flexibility index (Phi) is 6.06. The Bertz CT molecular complexity index is 605. The smallest absolute Gasteiger partial charge is 0.340 e. The zero-order valence-corrected chi connectivity index (χ0v) is 11.4. The number of esters is 1. The number of hydrogen-bond donors (Lipinski definition) is 3. The Morgan fingerprint density at radius 3 is 2.09 bits per heavy atom. The fraction of sp³-hybridized carbons (Fsp3) is 0.286. The zero-order valence-electron chi connectivity index (χ0n) is 11.4. The van der Waals surface area contributed by atoms with Crippen molar-refractivity contribution in [3.63, 3.8) is 0 Å². The van der Waals surface area contributed by atoms with Crippen LogP contribution in [0.5, 0.6) is 5.75 Å². The van der Waals surface area contributed by atoms with Crippen molar-refractivity contribution in [3.05, 3.63) is 29.3 Å². The molecule has 1 aromatic rings. The molecule has 0 radical (unpaired) electrons. The molecular formula is C14H14O8. The molecule has 1 aromatic carbocycles. The van der Waals surface area contributed by atoms with Gasteiger partial charge in [0.1, 0.15) is 11.3 Å². The van der Waals surface area contributed by atoms with Gasteiger partial charge in [0.25, 0.3) is 0 Å². The molecule has 3 N–H and O–H groups in total. The monoisotopic (exact) mass is 310 g/mol. The van der Waals surface area contributed by atoms with E-state index in [4.69, 9.17) is 20.1 Å². The Hall–Kier alpha value is -2.90. The molecule has 8 nitrogen and oxygen atoms in total. The molecule has 0 aliphatic heterocycles. The summed E-state index contributed by atoms with van der Waals surface area (Å²) >= 11 is 0. The molecule has 0 heterocycles. The van der Waals surface area contributed by atoms with E-state index < -0.39 is 35.0 Å². The van der Waals surface area contributed by atoms with Crippen molar-refractivity contribution < 1.29 is 39.2 Å². The normalized spacial score (nSPS) is 10.0. The van der Waals surface area contributed by atoms with Gasteiger partial charge in [-0.1, -0.05) is 6.07 Å². The van der Waals surface area contributed by atoms with Crippen molar-refractivity contribution in [1.29, 1.82) is 0 Å². The van der Waals surface area contributed by atoms with Gasteiger partial charge in [0.05, 0.1) is 5.56 Å². The summed E-state index contributed by atoms with van der Waals surface area (Å²) in [5, 5.41) is 26.5. The van der Waals surface area contributed by atoms with Crippen LogP contribution in [0.3, 0.4) is 0 Å². The van der Waals surface area contributed by atoms with Crippen LogP contribution in [0.15, 0.2) is 18.2 Å². The van der Waals surface area contributed by atoms with E-state index >= 15 is 0 Å². The number of benzene rings is 1. The fourth-order valence-corrected chi connectivity index (χ4v) is 1.73. The second-order valence-corrected chi connectivity index (χ2v) is 4.36. The molecule has 0 atom stereocenters. The minimum atomic E-state index is -1.52. The van der Waals surface area contributed by atoms with Crippen molar-refractivity contribution in [3.8, 4) is 5.75 Å². The van der Waals surface area contributed by atoms with Crippen LogP contribution < -0.4 is 4.74 Å². The molecule has 0 spiro atoms. The Balaban J connectivity index is 2.78. The van der Waals surface area contributed by atoms with Gasteiger partial charge in [-0.15, -0.1) is 0 Å². The number of carboxylic acid groups (broad SMARTS) is 3. The van der Waals surface area contributed by atoms with Crippen LogP contribution >= 0.6 is 0 Å². The van der Waals surface area contributed by atoms with Crippen molar-refractivity contribution in [1.82, 2.24) is 0 Å². The van der Waals surface area contributed by atoms with Crippen molar-refractivity contribution in [2.45, 2.75) is 25.7 Å². The minimum absolute atomic E-state index is 0.0812. The van der Waals surface area contributed by atoms with Crippen molar-refractivity contribution in [2.75, 3.05) is 0 Å². The van der Waals surface area contributed by atoms with Crippen molar-refractivity contribution >= 4 is 23.9 Å². The largest absolute Gasteiger partial charge is 0.481 e. The molecular weight excluding hydrogens is 296 g/mol. The van der Waals surface area contributed by atoms with Crippen LogP contribution in [-0.4, -0.2) is 39.2 Å². The molecule has 0 saturated heterocycles. The molecule has 0 saturated carbocycles. The molecule has 1 rings (SSSR count). The third-order valence-electron chi connectivity index (χ3n) is 2.72. The first kappa shape index (κ1) is 17.2. The van der Waals surface area contributed by atoms with E-state index in [2.05, 4.69) is 0 Å². The van der Waals surface area contributed by atoms with Crippen LogP contribution in [0.1, 0.15) is 46.4 Å². The first-order valence-corrected chi connectivity index (χ1v) is 6.35. The van der Waals surface area contributed by atoms with Crippen LogP contribution in [-0.2, 0) is 9.59 Å². The maximum Gasteiger partial charge on any atom is 0.340 e. The average Bonchev–Trinajstić information content (AvgIpc) is 2.42. The quantitative estimate of drug-likeness (QED) is 0.374. The van der Waals surface area contributed by atoms with E-state index in [9.17, 15) is 19.2 Å². The summed E-state index contributed by atoms with van der Waals surface area (Å²) in [6.45, 7) is 0. The number of carboxylic acids is 3. The topological polar surface area (TPSA) is 138 Å². The second-order valence-electron chi connectivity index (χ2n) is 4.36. The summed E-state index contributed by atoms with van der Waals surface area (Å²) in [7, 11) is 0. The van der Waals surface area contributed by atoms with E-state index in [0.29, 0.717) is 0 Å². The van der Waals surface area contributed by atoms with E-state index in [1.54, 1.807) is 0 Å². The van der Waals surface area contributed by atoms with Crippen molar-refractivity contribution in [2.24, 2.45) is 0 Å². The Labute approximate surface area is 124 Å². The predicted octanol–water partition coefficient (Wildman–Crippen LogP) is 1.63. The third-order valence-corrected chi connectivity index (χ3v) is 2.72. The lowest BCUT2D eigenvalue weighted by atomic mass is 10.1. The molecule has 0 fully saturated rings. The minimum Gasteiger partial charge on any atom is -0.481 e. The number of unbranched alkanes of at least 4 members (excludes halogenated alkanes) is 1. The summed E-state index contributed by atoms with van der Waals surface area (Å²) in [6.07, 6.45) is 0.378. The lowest BCUT2D eigenvalue weighted by Crippen LogP contribution is -2.14. The van der Waals surface area contributed by atoms with Gasteiger partial charge in [0, 0.05) is 12.8 Å². The van der Waals surface area contributed by atoms with Gasteiger partial charge in [0.2, 0.25) is 0 Å². The number of carbonyl (C=O) groups is 4. The maximum atomic E-state index is 11.6. The lowest BCUT2D eigenvalue weighted by Gasteiger charge is -2.09. The molecule has 0 bridgehead atoms. The summed E-state index contributed by atoms with van der Waals surface area (Å²) in [4.78, 5) is 44.0. The average molecular weight is 310 g/mol. The number of hydrogen-bond acceptors (Lipinski definition) is 5. The Morgan fingerprint density at radius 1 is 0.909 bits per heavy atom. The third kappa shape index (κ3) is 4.89. The van der Waals surface area contributed by atoms with E-state index in [0.717, 1.165) is 6.07 Å². The van der Waals surface area contributed by atoms with E-state index in [1.807, 2.05) is 0 Å². The van der Waals surface area contributed by atoms with Gasteiger partial charge in [-0.3, -0.25) is 9.59 Å². The summed E-state index contributed by atoms with van der Waals surface area (Å²) < 4.78 is 4.87. The number of ether oxygens (including phenoxy) is 1. The first-order chi connectivity index (χ1) is 10.3. The van der Waals surface area contributed by atoms with Crippen LogP contribution in [0.2, 0.25) is 0 Å². The summed E-state index contributed by atoms with van der Waals surface area (Å²) in [5.41, 5.74) is -1.09. The van der Waals surface area contributed by atoms with Gasteiger partial charge in [-0.05, 0) is 25.0 Å². The fourth-order valence-electron chi connectivity index (χ4n) is 1.73. The van der Waals surface area contributed by atoms with Crippen LogP contribution in [0, 0.1) is 0 Å². The zero-order chi connectivity index (χ0) is 16.7. The highest BCUT2D eigenvalue weighted by molar-refractivity contribution is 6.04. The molecule has 0 aromatic heterocycles. The molecule has 0 unspecified atom stereocenters. The van der Waals surface area contributed by atoms with Crippen LogP contribution in [0.25, 0.3) is 0 Å². The summed E-state index contributed by atoms with van der Waals surface area (Å²) in [5.74, 6) is -5.05. The first-order valence-electron chi connectivity index (χ1n) is 6.35. The predicted molar refractivity (Wildman–Crippen MR) is 72.1 cm³/mol. The number of carbonyl (C=O) groups excluding carboxylic acids is 1. The van der Waals surface area contributed by atoms with Gasteiger partial charge in [-0.25, -0.2) is 9.59 Å². The summed E-state index contributed by atoms with van der Waals surface area (Å²) in [6, 6.07) is 3.55. The molecule has 0 aliphatic rings. The molecule has 118 valence electrons. The second kappa shape index (κ2) is 7.77. The highest BCUT2D eigenvalue weighted by atomic mass is 16.5. The van der Waals surface area contributed by atoms with Gasteiger partial charge in [-0.2, -0.15) is 0 Å². The number of aromatic carboxylic acids is 2. The Morgan fingerprint density at radius 2 is 1.55 bits per heavy atom. The van der Waals surface area contributed by atoms with Crippen LogP contribution in [0.4, 0.5) is 0 Å².